The average molecular weight is 250 g/mol. The maximum atomic E-state index is 10.2. The quantitative estimate of drug-likeness (QED) is 0.906. The van der Waals surface area contributed by atoms with Crippen molar-refractivity contribution in [1.82, 2.24) is 9.55 Å². The van der Waals surface area contributed by atoms with Gasteiger partial charge in [0, 0.05) is 35.6 Å². The molecular formula is C13H18N2OS. The number of hydrogen-bond acceptors (Lipinski definition) is 3. The maximum absolute atomic E-state index is 10.2. The number of aromatic nitrogens is 2. The minimum atomic E-state index is -0.378. The number of aryl methyl sites for hydroxylation is 4. The van der Waals surface area contributed by atoms with Crippen LogP contribution in [0.4, 0.5) is 0 Å². The SMILES string of the molecule is Cc1cc(C(O)CCc2nccn2C)c(C)s1. The Morgan fingerprint density at radius 2 is 2.24 bits per heavy atom. The van der Waals surface area contributed by atoms with Gasteiger partial charge in [0.25, 0.3) is 0 Å². The molecule has 92 valence electrons. The number of aliphatic hydroxyl groups excluding tert-OH is 1. The molecule has 0 spiro atoms. The summed E-state index contributed by atoms with van der Waals surface area (Å²) in [6.45, 7) is 4.14. The van der Waals surface area contributed by atoms with E-state index in [0.29, 0.717) is 0 Å². The fraction of sp³-hybridized carbons (Fsp3) is 0.462. The molecule has 0 aromatic carbocycles. The van der Waals surface area contributed by atoms with Crippen LogP contribution < -0.4 is 0 Å². The summed E-state index contributed by atoms with van der Waals surface area (Å²) < 4.78 is 2.00. The smallest absolute Gasteiger partial charge is 0.108 e. The third-order valence-electron chi connectivity index (χ3n) is 3.00. The van der Waals surface area contributed by atoms with Crippen LogP contribution >= 0.6 is 11.3 Å². The first-order chi connectivity index (χ1) is 8.08. The van der Waals surface area contributed by atoms with E-state index in [1.54, 1.807) is 17.5 Å². The highest BCUT2D eigenvalue weighted by molar-refractivity contribution is 7.12. The Morgan fingerprint density at radius 1 is 1.47 bits per heavy atom. The van der Waals surface area contributed by atoms with Crippen molar-refractivity contribution >= 4 is 11.3 Å². The van der Waals surface area contributed by atoms with E-state index in [9.17, 15) is 5.11 Å². The van der Waals surface area contributed by atoms with Gasteiger partial charge in [-0.3, -0.25) is 0 Å². The number of nitrogens with zero attached hydrogens (tertiary/aromatic N) is 2. The first-order valence-electron chi connectivity index (χ1n) is 5.79. The van der Waals surface area contributed by atoms with Crippen molar-refractivity contribution in [3.05, 3.63) is 39.6 Å². The summed E-state index contributed by atoms with van der Waals surface area (Å²) in [6.07, 6.45) is 4.88. The van der Waals surface area contributed by atoms with E-state index < -0.39 is 0 Å². The lowest BCUT2D eigenvalue weighted by Crippen LogP contribution is -2.03. The molecule has 0 aliphatic heterocycles. The lowest BCUT2D eigenvalue weighted by atomic mass is 10.1. The normalized spacial score (nSPS) is 12.9. The summed E-state index contributed by atoms with van der Waals surface area (Å²) in [4.78, 5) is 6.74. The molecule has 1 atom stereocenters. The van der Waals surface area contributed by atoms with Crippen LogP contribution in [0.15, 0.2) is 18.5 Å². The van der Waals surface area contributed by atoms with E-state index in [-0.39, 0.29) is 6.10 Å². The van der Waals surface area contributed by atoms with Crippen LogP contribution in [-0.2, 0) is 13.5 Å². The molecular weight excluding hydrogens is 232 g/mol. The molecule has 0 radical (unpaired) electrons. The Balaban J connectivity index is 2.00. The minimum Gasteiger partial charge on any atom is -0.388 e. The van der Waals surface area contributed by atoms with Crippen molar-refractivity contribution in [2.75, 3.05) is 0 Å². The van der Waals surface area contributed by atoms with Gasteiger partial charge in [-0.15, -0.1) is 11.3 Å². The molecule has 0 amide bonds. The van der Waals surface area contributed by atoms with E-state index in [4.69, 9.17) is 0 Å². The number of hydrogen-bond donors (Lipinski definition) is 1. The zero-order valence-corrected chi connectivity index (χ0v) is 11.3. The van der Waals surface area contributed by atoms with Gasteiger partial charge in [-0.25, -0.2) is 4.98 Å². The monoisotopic (exact) mass is 250 g/mol. The van der Waals surface area contributed by atoms with E-state index in [2.05, 4.69) is 24.9 Å². The Labute approximate surface area is 106 Å². The van der Waals surface area contributed by atoms with Crippen LogP contribution in [0.3, 0.4) is 0 Å². The fourth-order valence-electron chi connectivity index (χ4n) is 2.04. The van der Waals surface area contributed by atoms with Gasteiger partial charge in [0.15, 0.2) is 0 Å². The van der Waals surface area contributed by atoms with Crippen molar-refractivity contribution < 1.29 is 5.11 Å². The van der Waals surface area contributed by atoms with Gasteiger partial charge in [-0.05, 0) is 31.9 Å². The molecule has 0 fully saturated rings. The molecule has 0 bridgehead atoms. The lowest BCUT2D eigenvalue weighted by Gasteiger charge is -2.10. The summed E-state index contributed by atoms with van der Waals surface area (Å²) in [7, 11) is 1.98. The molecule has 0 aliphatic rings. The second kappa shape index (κ2) is 5.02. The largest absolute Gasteiger partial charge is 0.388 e. The maximum Gasteiger partial charge on any atom is 0.108 e. The van der Waals surface area contributed by atoms with E-state index in [0.717, 1.165) is 24.2 Å². The van der Waals surface area contributed by atoms with Crippen LogP contribution in [-0.4, -0.2) is 14.7 Å². The van der Waals surface area contributed by atoms with Crippen molar-refractivity contribution in [3.8, 4) is 0 Å². The molecule has 0 saturated carbocycles. The third-order valence-corrected chi connectivity index (χ3v) is 3.98. The highest BCUT2D eigenvalue weighted by Crippen LogP contribution is 2.28. The summed E-state index contributed by atoms with van der Waals surface area (Å²) in [5.74, 6) is 1.02. The van der Waals surface area contributed by atoms with Gasteiger partial charge in [0.05, 0.1) is 6.10 Å². The average Bonchev–Trinajstić information content (AvgIpc) is 2.81. The number of thiophene rings is 1. The molecule has 17 heavy (non-hydrogen) atoms. The fourth-order valence-corrected chi connectivity index (χ4v) is 3.02. The summed E-state index contributed by atoms with van der Waals surface area (Å²) in [5, 5.41) is 10.2. The Morgan fingerprint density at radius 3 is 2.76 bits per heavy atom. The van der Waals surface area contributed by atoms with Gasteiger partial charge in [-0.2, -0.15) is 0 Å². The molecule has 1 N–H and O–H groups in total. The Hall–Kier alpha value is -1.13. The number of aliphatic hydroxyl groups is 1. The standard InChI is InChI=1S/C13H18N2OS/c1-9-8-11(10(2)17-9)12(16)4-5-13-14-6-7-15(13)3/h6-8,12,16H,4-5H2,1-3H3. The molecule has 0 aliphatic carbocycles. The highest BCUT2D eigenvalue weighted by atomic mass is 32.1. The number of imidazole rings is 1. The van der Waals surface area contributed by atoms with Gasteiger partial charge < -0.3 is 9.67 Å². The van der Waals surface area contributed by atoms with E-state index >= 15 is 0 Å². The van der Waals surface area contributed by atoms with E-state index in [1.807, 2.05) is 17.8 Å². The topological polar surface area (TPSA) is 38.1 Å². The van der Waals surface area contributed by atoms with Crippen LogP contribution in [0.5, 0.6) is 0 Å². The highest BCUT2D eigenvalue weighted by Gasteiger charge is 2.13. The molecule has 2 rings (SSSR count). The van der Waals surface area contributed by atoms with Crippen LogP contribution in [0.2, 0.25) is 0 Å². The van der Waals surface area contributed by atoms with Crippen LogP contribution in [0, 0.1) is 13.8 Å². The van der Waals surface area contributed by atoms with Crippen molar-refractivity contribution in [1.29, 1.82) is 0 Å². The Kier molecular flexibility index (Phi) is 3.64. The van der Waals surface area contributed by atoms with Gasteiger partial charge >= 0.3 is 0 Å². The Bertz CT molecular complexity index is 501. The first-order valence-corrected chi connectivity index (χ1v) is 6.60. The van der Waals surface area contributed by atoms with Crippen LogP contribution in [0.1, 0.15) is 33.7 Å². The minimum absolute atomic E-state index is 0.378. The summed E-state index contributed by atoms with van der Waals surface area (Å²) >= 11 is 1.74. The second-order valence-corrected chi connectivity index (χ2v) is 5.84. The molecule has 2 heterocycles. The molecule has 2 aromatic rings. The predicted octanol–water partition coefficient (Wildman–Crippen LogP) is 2.76. The predicted molar refractivity (Wildman–Crippen MR) is 70.3 cm³/mol. The number of rotatable bonds is 4. The van der Waals surface area contributed by atoms with Crippen molar-refractivity contribution in [3.63, 3.8) is 0 Å². The van der Waals surface area contributed by atoms with E-state index in [1.165, 1.54) is 9.75 Å². The molecule has 4 heteroatoms. The molecule has 0 saturated heterocycles. The van der Waals surface area contributed by atoms with Crippen molar-refractivity contribution in [2.45, 2.75) is 32.8 Å². The molecule has 3 nitrogen and oxygen atoms in total. The third kappa shape index (κ3) is 2.76. The van der Waals surface area contributed by atoms with Gasteiger partial charge in [0.1, 0.15) is 5.82 Å². The summed E-state index contributed by atoms with van der Waals surface area (Å²) in [5.41, 5.74) is 1.07. The summed E-state index contributed by atoms with van der Waals surface area (Å²) in [6, 6.07) is 2.09. The van der Waals surface area contributed by atoms with Gasteiger partial charge in [0.2, 0.25) is 0 Å². The van der Waals surface area contributed by atoms with Gasteiger partial charge in [-0.1, -0.05) is 0 Å². The molecule has 1 unspecified atom stereocenters. The van der Waals surface area contributed by atoms with Crippen molar-refractivity contribution in [2.24, 2.45) is 7.05 Å². The first kappa shape index (κ1) is 12.3. The zero-order valence-electron chi connectivity index (χ0n) is 10.5. The molecule has 2 aromatic heterocycles. The second-order valence-electron chi connectivity index (χ2n) is 4.38. The zero-order chi connectivity index (χ0) is 12.4. The lowest BCUT2D eigenvalue weighted by molar-refractivity contribution is 0.166. The van der Waals surface area contributed by atoms with Crippen LogP contribution in [0.25, 0.3) is 0 Å².